The molecule has 0 spiro atoms. The molecule has 3 nitrogen and oxygen atoms in total. The maximum atomic E-state index is 12.2. The van der Waals surface area contributed by atoms with Crippen LogP contribution < -0.4 is 11.1 Å². The van der Waals surface area contributed by atoms with Crippen molar-refractivity contribution >= 4 is 11.6 Å². The Bertz CT molecular complexity index is 634. The Morgan fingerprint density at radius 2 is 1.90 bits per heavy atom. The summed E-state index contributed by atoms with van der Waals surface area (Å²) in [5.74, 6) is 0.340. The van der Waals surface area contributed by atoms with Crippen LogP contribution in [0.2, 0.25) is 0 Å². The molecule has 0 aliphatic heterocycles. The number of rotatable bonds is 3. The molecule has 0 aromatic heterocycles. The Labute approximate surface area is 118 Å². The van der Waals surface area contributed by atoms with Gasteiger partial charge in [-0.3, -0.25) is 4.79 Å². The second-order valence-electron chi connectivity index (χ2n) is 5.45. The fourth-order valence-corrected chi connectivity index (χ4v) is 2.35. The van der Waals surface area contributed by atoms with Crippen LogP contribution in [0.4, 0.5) is 5.69 Å². The SMILES string of the molecule is Cc1ccc(NC(=O)c2cccc(C3CC3N)c2)cc1. The minimum Gasteiger partial charge on any atom is -0.327 e. The zero-order valence-electron chi connectivity index (χ0n) is 11.5. The van der Waals surface area contributed by atoms with Gasteiger partial charge >= 0.3 is 0 Å². The highest BCUT2D eigenvalue weighted by Gasteiger charge is 2.34. The Morgan fingerprint density at radius 1 is 1.20 bits per heavy atom. The van der Waals surface area contributed by atoms with Crippen LogP contribution in [-0.4, -0.2) is 11.9 Å². The van der Waals surface area contributed by atoms with Gasteiger partial charge in [-0.2, -0.15) is 0 Å². The lowest BCUT2D eigenvalue weighted by Gasteiger charge is -2.07. The van der Waals surface area contributed by atoms with E-state index in [2.05, 4.69) is 5.32 Å². The third-order valence-corrected chi connectivity index (χ3v) is 3.73. The molecule has 3 rings (SSSR count). The number of hydrogen-bond acceptors (Lipinski definition) is 2. The van der Waals surface area contributed by atoms with Gasteiger partial charge in [-0.05, 0) is 43.2 Å². The molecule has 102 valence electrons. The molecule has 2 aromatic carbocycles. The standard InChI is InChI=1S/C17H18N2O/c1-11-5-7-14(8-6-11)19-17(20)13-4-2-3-12(9-13)15-10-16(15)18/h2-9,15-16H,10,18H2,1H3,(H,19,20). The Balaban J connectivity index is 1.75. The zero-order valence-corrected chi connectivity index (χ0v) is 11.5. The summed E-state index contributed by atoms with van der Waals surface area (Å²) in [5, 5.41) is 2.91. The minimum atomic E-state index is -0.0788. The van der Waals surface area contributed by atoms with Crippen LogP contribution in [0.5, 0.6) is 0 Å². The van der Waals surface area contributed by atoms with Gasteiger partial charge in [0.15, 0.2) is 0 Å². The summed E-state index contributed by atoms with van der Waals surface area (Å²) >= 11 is 0. The van der Waals surface area contributed by atoms with Gasteiger partial charge in [-0.25, -0.2) is 0 Å². The normalized spacial score (nSPS) is 20.5. The van der Waals surface area contributed by atoms with E-state index in [0.29, 0.717) is 11.5 Å². The second-order valence-corrected chi connectivity index (χ2v) is 5.45. The molecule has 1 fully saturated rings. The fraction of sp³-hybridized carbons (Fsp3) is 0.235. The first kappa shape index (κ1) is 12.9. The molecule has 0 heterocycles. The smallest absolute Gasteiger partial charge is 0.255 e. The van der Waals surface area contributed by atoms with Gasteiger partial charge in [0, 0.05) is 23.2 Å². The molecule has 1 aliphatic carbocycles. The Hall–Kier alpha value is -2.13. The number of carbonyl (C=O) groups is 1. The van der Waals surface area contributed by atoms with Crippen molar-refractivity contribution in [3.8, 4) is 0 Å². The first-order chi connectivity index (χ1) is 9.63. The lowest BCUT2D eigenvalue weighted by Crippen LogP contribution is -2.12. The molecule has 3 N–H and O–H groups in total. The van der Waals surface area contributed by atoms with Crippen molar-refractivity contribution in [1.29, 1.82) is 0 Å². The lowest BCUT2D eigenvalue weighted by atomic mass is 10.1. The number of carbonyl (C=O) groups excluding carboxylic acids is 1. The fourth-order valence-electron chi connectivity index (χ4n) is 2.35. The molecular weight excluding hydrogens is 248 g/mol. The third-order valence-electron chi connectivity index (χ3n) is 3.73. The van der Waals surface area contributed by atoms with Crippen molar-refractivity contribution < 1.29 is 4.79 Å². The van der Waals surface area contributed by atoms with E-state index in [4.69, 9.17) is 5.73 Å². The first-order valence-corrected chi connectivity index (χ1v) is 6.87. The molecule has 0 radical (unpaired) electrons. The third kappa shape index (κ3) is 2.73. The average Bonchev–Trinajstić information content (AvgIpc) is 3.19. The summed E-state index contributed by atoms with van der Waals surface area (Å²) in [5.41, 5.74) is 9.69. The van der Waals surface area contributed by atoms with E-state index in [0.717, 1.165) is 17.7 Å². The van der Waals surface area contributed by atoms with Gasteiger partial charge in [-0.1, -0.05) is 29.8 Å². The van der Waals surface area contributed by atoms with Gasteiger partial charge in [-0.15, -0.1) is 0 Å². The van der Waals surface area contributed by atoms with E-state index in [1.54, 1.807) is 0 Å². The molecule has 1 saturated carbocycles. The number of hydrogen-bond donors (Lipinski definition) is 2. The Kier molecular flexibility index (Phi) is 3.28. The van der Waals surface area contributed by atoms with Crippen LogP contribution >= 0.6 is 0 Å². The van der Waals surface area contributed by atoms with Crippen LogP contribution in [0, 0.1) is 6.92 Å². The van der Waals surface area contributed by atoms with Crippen LogP contribution in [0.15, 0.2) is 48.5 Å². The van der Waals surface area contributed by atoms with Crippen LogP contribution in [-0.2, 0) is 0 Å². The molecule has 2 atom stereocenters. The highest BCUT2D eigenvalue weighted by molar-refractivity contribution is 6.04. The molecule has 2 unspecified atom stereocenters. The van der Waals surface area contributed by atoms with E-state index >= 15 is 0 Å². The van der Waals surface area contributed by atoms with Crippen molar-refractivity contribution in [3.05, 3.63) is 65.2 Å². The van der Waals surface area contributed by atoms with E-state index < -0.39 is 0 Å². The predicted molar refractivity (Wildman–Crippen MR) is 80.9 cm³/mol. The number of amides is 1. The number of nitrogens with two attached hydrogens (primary N) is 1. The molecule has 3 heteroatoms. The van der Waals surface area contributed by atoms with Gasteiger partial charge in [0.05, 0.1) is 0 Å². The number of aryl methyl sites for hydroxylation is 1. The number of benzene rings is 2. The van der Waals surface area contributed by atoms with Gasteiger partial charge in [0.25, 0.3) is 5.91 Å². The minimum absolute atomic E-state index is 0.0788. The summed E-state index contributed by atoms with van der Waals surface area (Å²) in [4.78, 5) is 12.2. The quantitative estimate of drug-likeness (QED) is 0.897. The summed E-state index contributed by atoms with van der Waals surface area (Å²) in [7, 11) is 0. The predicted octanol–water partition coefficient (Wildman–Crippen LogP) is 3.06. The zero-order chi connectivity index (χ0) is 14.1. The van der Waals surface area contributed by atoms with Crippen molar-refractivity contribution in [3.63, 3.8) is 0 Å². The van der Waals surface area contributed by atoms with Gasteiger partial charge in [0.2, 0.25) is 0 Å². The van der Waals surface area contributed by atoms with Crippen molar-refractivity contribution in [2.24, 2.45) is 5.73 Å². The van der Waals surface area contributed by atoms with Crippen molar-refractivity contribution in [1.82, 2.24) is 0 Å². The number of nitrogens with one attached hydrogen (secondary N) is 1. The summed E-state index contributed by atoms with van der Waals surface area (Å²) in [6, 6.07) is 15.8. The first-order valence-electron chi connectivity index (χ1n) is 6.87. The molecule has 1 aliphatic rings. The molecular formula is C17H18N2O. The largest absolute Gasteiger partial charge is 0.327 e. The Morgan fingerprint density at radius 3 is 2.55 bits per heavy atom. The van der Waals surface area contributed by atoms with Crippen LogP contribution in [0.1, 0.15) is 33.8 Å². The topological polar surface area (TPSA) is 55.1 Å². The van der Waals surface area contributed by atoms with Crippen LogP contribution in [0.25, 0.3) is 0 Å². The van der Waals surface area contributed by atoms with E-state index in [1.807, 2.05) is 55.5 Å². The lowest BCUT2D eigenvalue weighted by molar-refractivity contribution is 0.102. The highest BCUT2D eigenvalue weighted by atomic mass is 16.1. The number of anilines is 1. The highest BCUT2D eigenvalue weighted by Crippen LogP contribution is 2.39. The van der Waals surface area contributed by atoms with E-state index in [1.165, 1.54) is 5.56 Å². The van der Waals surface area contributed by atoms with E-state index in [-0.39, 0.29) is 11.9 Å². The second kappa shape index (κ2) is 5.10. The molecule has 1 amide bonds. The monoisotopic (exact) mass is 266 g/mol. The summed E-state index contributed by atoms with van der Waals surface area (Å²) in [6.45, 7) is 2.02. The van der Waals surface area contributed by atoms with Crippen molar-refractivity contribution in [2.75, 3.05) is 5.32 Å². The maximum Gasteiger partial charge on any atom is 0.255 e. The summed E-state index contributed by atoms with van der Waals surface area (Å²) < 4.78 is 0. The molecule has 0 bridgehead atoms. The molecule has 0 saturated heterocycles. The van der Waals surface area contributed by atoms with E-state index in [9.17, 15) is 4.79 Å². The van der Waals surface area contributed by atoms with Gasteiger partial charge < -0.3 is 11.1 Å². The van der Waals surface area contributed by atoms with Crippen LogP contribution in [0.3, 0.4) is 0 Å². The average molecular weight is 266 g/mol. The maximum absolute atomic E-state index is 12.2. The van der Waals surface area contributed by atoms with Gasteiger partial charge in [0.1, 0.15) is 0 Å². The molecule has 2 aromatic rings. The molecule has 20 heavy (non-hydrogen) atoms. The summed E-state index contributed by atoms with van der Waals surface area (Å²) in [6.07, 6.45) is 1.02. The van der Waals surface area contributed by atoms with Crippen molar-refractivity contribution in [2.45, 2.75) is 25.3 Å².